The third kappa shape index (κ3) is 3.19. The first-order valence-corrected chi connectivity index (χ1v) is 6.23. The number of carbonyl (C=O) groups is 1. The molecule has 1 aromatic heterocycles. The van der Waals surface area contributed by atoms with Crippen molar-refractivity contribution in [3.05, 3.63) is 18.0 Å². The Kier molecular flexibility index (Phi) is 3.75. The molecule has 1 aliphatic rings. The fraction of sp³-hybridized carbons (Fsp3) is 0.692. The summed E-state index contributed by atoms with van der Waals surface area (Å²) in [5.41, 5.74) is 1.17. The van der Waals surface area contributed by atoms with Gasteiger partial charge in [0.2, 0.25) is 0 Å². The Morgan fingerprint density at radius 3 is 2.88 bits per heavy atom. The van der Waals surface area contributed by atoms with Gasteiger partial charge in [-0.1, -0.05) is 25.7 Å². The molecule has 0 amide bonds. The van der Waals surface area contributed by atoms with Crippen LogP contribution in [-0.4, -0.2) is 15.6 Å². The molecule has 1 aliphatic carbocycles. The number of nitrogens with zero attached hydrogens (tertiary/aromatic N) is 2. The Labute approximate surface area is 96.8 Å². The average Bonchev–Trinajstić information content (AvgIpc) is 2.87. The van der Waals surface area contributed by atoms with Crippen molar-refractivity contribution in [2.75, 3.05) is 0 Å². The molecule has 0 bridgehead atoms. The monoisotopic (exact) mass is 220 g/mol. The Balaban J connectivity index is 1.71. The van der Waals surface area contributed by atoms with Gasteiger partial charge in [-0.25, -0.2) is 0 Å². The van der Waals surface area contributed by atoms with E-state index in [9.17, 15) is 4.79 Å². The smallest absolute Gasteiger partial charge is 0.133 e. The summed E-state index contributed by atoms with van der Waals surface area (Å²) >= 11 is 0. The van der Waals surface area contributed by atoms with Crippen LogP contribution >= 0.6 is 0 Å². The highest BCUT2D eigenvalue weighted by Crippen LogP contribution is 2.28. The van der Waals surface area contributed by atoms with Crippen LogP contribution in [0.3, 0.4) is 0 Å². The van der Waals surface area contributed by atoms with E-state index in [0.29, 0.717) is 18.1 Å². The molecular formula is C13H20N2O. The van der Waals surface area contributed by atoms with Gasteiger partial charge in [-0.15, -0.1) is 0 Å². The number of hydrogen-bond donors (Lipinski definition) is 0. The molecule has 1 fully saturated rings. The predicted octanol–water partition coefficient (Wildman–Crippen LogP) is 2.50. The van der Waals surface area contributed by atoms with E-state index >= 15 is 0 Å². The molecule has 3 nitrogen and oxygen atoms in total. The van der Waals surface area contributed by atoms with Gasteiger partial charge in [0.1, 0.15) is 5.78 Å². The summed E-state index contributed by atoms with van der Waals surface area (Å²) in [5.74, 6) is 1.11. The van der Waals surface area contributed by atoms with Crippen molar-refractivity contribution in [3.8, 4) is 0 Å². The second-order valence-corrected chi connectivity index (χ2v) is 4.92. The van der Waals surface area contributed by atoms with Crippen LogP contribution < -0.4 is 0 Å². The van der Waals surface area contributed by atoms with Gasteiger partial charge in [-0.2, -0.15) is 5.10 Å². The molecule has 1 saturated carbocycles. The lowest BCUT2D eigenvalue weighted by Crippen LogP contribution is -2.06. The lowest BCUT2D eigenvalue weighted by Gasteiger charge is -2.06. The van der Waals surface area contributed by atoms with Gasteiger partial charge in [0.05, 0.1) is 6.20 Å². The maximum Gasteiger partial charge on any atom is 0.133 e. The first-order chi connectivity index (χ1) is 7.74. The van der Waals surface area contributed by atoms with Crippen LogP contribution in [0, 0.1) is 5.92 Å². The van der Waals surface area contributed by atoms with Crippen LogP contribution in [0.4, 0.5) is 0 Å². The number of carbonyl (C=O) groups excluding carboxylic acids is 1. The maximum absolute atomic E-state index is 11.8. The highest BCUT2D eigenvalue weighted by molar-refractivity contribution is 5.78. The van der Waals surface area contributed by atoms with Crippen molar-refractivity contribution >= 4 is 5.78 Å². The molecule has 1 heterocycles. The summed E-state index contributed by atoms with van der Waals surface area (Å²) in [7, 11) is 1.91. The first kappa shape index (κ1) is 11.4. The van der Waals surface area contributed by atoms with Crippen LogP contribution in [0.1, 0.15) is 44.1 Å². The fourth-order valence-electron chi connectivity index (χ4n) is 2.52. The summed E-state index contributed by atoms with van der Waals surface area (Å²) in [6.45, 7) is 0. The number of hydrogen-bond acceptors (Lipinski definition) is 2. The second kappa shape index (κ2) is 5.28. The molecule has 0 aliphatic heterocycles. The molecule has 0 spiro atoms. The van der Waals surface area contributed by atoms with Crippen molar-refractivity contribution in [2.45, 2.75) is 44.9 Å². The second-order valence-electron chi connectivity index (χ2n) is 4.92. The molecule has 0 aromatic carbocycles. The van der Waals surface area contributed by atoms with Crippen LogP contribution in [-0.2, 0) is 18.3 Å². The van der Waals surface area contributed by atoms with Crippen molar-refractivity contribution < 1.29 is 4.79 Å². The molecular weight excluding hydrogens is 200 g/mol. The van der Waals surface area contributed by atoms with E-state index in [-0.39, 0.29) is 0 Å². The van der Waals surface area contributed by atoms with E-state index in [0.717, 1.165) is 12.8 Å². The van der Waals surface area contributed by atoms with E-state index in [4.69, 9.17) is 0 Å². The highest BCUT2D eigenvalue weighted by atomic mass is 16.1. The Hall–Kier alpha value is -1.12. The molecule has 1 aromatic rings. The van der Waals surface area contributed by atoms with E-state index < -0.39 is 0 Å². The van der Waals surface area contributed by atoms with E-state index in [2.05, 4.69) is 5.10 Å². The summed E-state index contributed by atoms with van der Waals surface area (Å²) in [5, 5.41) is 4.10. The fourth-order valence-corrected chi connectivity index (χ4v) is 2.52. The number of aromatic nitrogens is 2. The van der Waals surface area contributed by atoms with Gasteiger partial charge in [-0.3, -0.25) is 9.48 Å². The van der Waals surface area contributed by atoms with Crippen molar-refractivity contribution in [3.63, 3.8) is 0 Å². The van der Waals surface area contributed by atoms with E-state index in [1.54, 1.807) is 4.68 Å². The highest BCUT2D eigenvalue weighted by Gasteiger charge is 2.18. The van der Waals surface area contributed by atoms with Gasteiger partial charge in [0, 0.05) is 26.1 Å². The van der Waals surface area contributed by atoms with Gasteiger partial charge in [0.15, 0.2) is 0 Å². The zero-order valence-corrected chi connectivity index (χ0v) is 9.98. The largest absolute Gasteiger partial charge is 0.300 e. The molecule has 88 valence electrons. The standard InChI is InChI=1S/C13H20N2O/c1-15-10-12(9-14-15)6-7-13(16)8-11-4-2-3-5-11/h9-11H,2-8H2,1H3. The van der Waals surface area contributed by atoms with Crippen molar-refractivity contribution in [1.29, 1.82) is 0 Å². The SMILES string of the molecule is Cn1cc(CCC(=O)CC2CCCC2)cn1. The van der Waals surface area contributed by atoms with Gasteiger partial charge in [-0.05, 0) is 17.9 Å². The Bertz CT molecular complexity index is 351. The first-order valence-electron chi connectivity index (χ1n) is 6.23. The number of rotatable bonds is 5. The summed E-state index contributed by atoms with van der Waals surface area (Å²) in [6.07, 6.45) is 11.3. The van der Waals surface area contributed by atoms with E-state index in [1.807, 2.05) is 19.4 Å². The zero-order valence-electron chi connectivity index (χ0n) is 9.98. The Morgan fingerprint density at radius 1 is 1.50 bits per heavy atom. The van der Waals surface area contributed by atoms with Gasteiger partial charge >= 0.3 is 0 Å². The minimum Gasteiger partial charge on any atom is -0.300 e. The lowest BCUT2D eigenvalue weighted by atomic mass is 9.98. The zero-order chi connectivity index (χ0) is 11.4. The van der Waals surface area contributed by atoms with Crippen LogP contribution in [0.15, 0.2) is 12.4 Å². The maximum atomic E-state index is 11.8. The molecule has 0 N–H and O–H groups in total. The quantitative estimate of drug-likeness (QED) is 0.764. The lowest BCUT2D eigenvalue weighted by molar-refractivity contribution is -0.119. The summed E-state index contributed by atoms with van der Waals surface area (Å²) < 4.78 is 1.79. The minimum absolute atomic E-state index is 0.427. The van der Waals surface area contributed by atoms with E-state index in [1.165, 1.54) is 31.2 Å². The molecule has 0 unspecified atom stereocenters. The minimum atomic E-state index is 0.427. The summed E-state index contributed by atoms with van der Waals surface area (Å²) in [4.78, 5) is 11.8. The number of Topliss-reactive ketones (excluding diaryl/α,β-unsaturated/α-hetero) is 1. The van der Waals surface area contributed by atoms with Gasteiger partial charge in [0.25, 0.3) is 0 Å². The third-order valence-corrected chi connectivity index (χ3v) is 3.44. The predicted molar refractivity (Wildman–Crippen MR) is 63.1 cm³/mol. The van der Waals surface area contributed by atoms with Crippen molar-refractivity contribution in [1.82, 2.24) is 9.78 Å². The van der Waals surface area contributed by atoms with Crippen molar-refractivity contribution in [2.24, 2.45) is 13.0 Å². The van der Waals surface area contributed by atoms with Gasteiger partial charge < -0.3 is 0 Å². The van der Waals surface area contributed by atoms with Crippen LogP contribution in [0.25, 0.3) is 0 Å². The number of aryl methyl sites for hydroxylation is 2. The number of ketones is 1. The molecule has 16 heavy (non-hydrogen) atoms. The topological polar surface area (TPSA) is 34.9 Å². The molecule has 3 heteroatoms. The average molecular weight is 220 g/mol. The normalized spacial score (nSPS) is 16.8. The molecule has 2 rings (SSSR count). The Morgan fingerprint density at radius 2 is 2.25 bits per heavy atom. The molecule has 0 atom stereocenters. The summed E-state index contributed by atoms with van der Waals surface area (Å²) in [6, 6.07) is 0. The molecule has 0 radical (unpaired) electrons. The third-order valence-electron chi connectivity index (χ3n) is 3.44. The van der Waals surface area contributed by atoms with Crippen LogP contribution in [0.5, 0.6) is 0 Å². The van der Waals surface area contributed by atoms with Crippen LogP contribution in [0.2, 0.25) is 0 Å². The molecule has 0 saturated heterocycles.